The summed E-state index contributed by atoms with van der Waals surface area (Å²) < 4.78 is 41.9. The van der Waals surface area contributed by atoms with Crippen molar-refractivity contribution in [2.75, 3.05) is 25.0 Å². The van der Waals surface area contributed by atoms with E-state index in [1.165, 1.54) is 18.2 Å². The number of benzene rings is 3. The fourth-order valence-corrected chi connectivity index (χ4v) is 5.59. The summed E-state index contributed by atoms with van der Waals surface area (Å²) in [5.74, 6) is -1.04. The van der Waals surface area contributed by atoms with Crippen LogP contribution in [-0.2, 0) is 24.4 Å². The first-order chi connectivity index (χ1) is 20.3. The van der Waals surface area contributed by atoms with Crippen molar-refractivity contribution < 1.29 is 28.2 Å². The molecule has 220 valence electrons. The Hall–Kier alpha value is -3.73. The molecule has 2 aliphatic heterocycles. The molecular weight excluding hydrogens is 566 g/mol. The van der Waals surface area contributed by atoms with Crippen LogP contribution < -0.4 is 10.1 Å². The van der Waals surface area contributed by atoms with Crippen LogP contribution in [0.3, 0.4) is 0 Å². The van der Waals surface area contributed by atoms with Gasteiger partial charge in [-0.05, 0) is 61.7 Å². The molecule has 8 nitrogen and oxygen atoms in total. The van der Waals surface area contributed by atoms with Crippen molar-refractivity contribution in [1.82, 2.24) is 14.5 Å². The molecule has 3 aromatic carbocycles. The molecule has 1 atom stereocenters. The lowest BCUT2D eigenvalue weighted by atomic mass is 10.0. The van der Waals surface area contributed by atoms with E-state index in [4.69, 9.17) is 26.1 Å². The highest BCUT2D eigenvalue weighted by Crippen LogP contribution is 2.27. The number of aromatic nitrogens is 2. The Morgan fingerprint density at radius 1 is 1.07 bits per heavy atom. The van der Waals surface area contributed by atoms with Gasteiger partial charge in [-0.1, -0.05) is 17.7 Å². The van der Waals surface area contributed by atoms with Gasteiger partial charge in [0.1, 0.15) is 18.2 Å². The van der Waals surface area contributed by atoms with Crippen molar-refractivity contribution in [1.29, 1.82) is 0 Å². The van der Waals surface area contributed by atoms with Crippen LogP contribution in [0.2, 0.25) is 5.02 Å². The Labute approximate surface area is 246 Å². The maximum absolute atomic E-state index is 14.4. The molecular formula is C31H31ClF2N4O4. The van der Waals surface area contributed by atoms with E-state index in [1.54, 1.807) is 36.4 Å². The molecule has 0 radical (unpaired) electrons. The third-order valence-electron chi connectivity index (χ3n) is 7.91. The average Bonchev–Trinajstić information content (AvgIpc) is 3.28. The van der Waals surface area contributed by atoms with Gasteiger partial charge in [-0.15, -0.1) is 0 Å². The van der Waals surface area contributed by atoms with E-state index in [0.29, 0.717) is 18.7 Å². The normalized spacial score (nSPS) is 17.7. The summed E-state index contributed by atoms with van der Waals surface area (Å²) in [5.41, 5.74) is 2.85. The van der Waals surface area contributed by atoms with Gasteiger partial charge in [0.15, 0.2) is 11.6 Å². The first kappa shape index (κ1) is 28.4. The summed E-state index contributed by atoms with van der Waals surface area (Å²) in [6.07, 6.45) is 2.83. The molecule has 2 fully saturated rings. The van der Waals surface area contributed by atoms with Crippen LogP contribution in [0.4, 0.5) is 14.5 Å². The van der Waals surface area contributed by atoms with E-state index >= 15 is 0 Å². The lowest BCUT2D eigenvalue weighted by molar-refractivity contribution is -0.0592. The first-order valence-electron chi connectivity index (χ1n) is 14.0. The molecule has 1 unspecified atom stereocenters. The number of carboxylic acids is 1. The van der Waals surface area contributed by atoms with Gasteiger partial charge in [0.2, 0.25) is 0 Å². The van der Waals surface area contributed by atoms with E-state index in [1.807, 2.05) is 0 Å². The molecule has 4 aromatic rings. The number of ether oxygens (including phenoxy) is 2. The SMILES string of the molecule is O=C(O)c1ccc2nc(CN3CCC(Nc4ccc(F)c(OCc5ccc(Cl)cc5F)c4)CC3)n(CC3CCO3)c2c1. The lowest BCUT2D eigenvalue weighted by Gasteiger charge is -2.33. The van der Waals surface area contributed by atoms with Gasteiger partial charge >= 0.3 is 5.97 Å². The molecule has 6 rings (SSSR count). The van der Waals surface area contributed by atoms with Crippen LogP contribution in [-0.4, -0.2) is 57.4 Å². The Morgan fingerprint density at radius 3 is 2.60 bits per heavy atom. The van der Waals surface area contributed by atoms with Gasteiger partial charge in [0.25, 0.3) is 0 Å². The predicted octanol–water partition coefficient (Wildman–Crippen LogP) is 6.11. The number of hydrogen-bond donors (Lipinski definition) is 2. The highest BCUT2D eigenvalue weighted by Gasteiger charge is 2.25. The van der Waals surface area contributed by atoms with Crippen molar-refractivity contribution >= 4 is 34.3 Å². The van der Waals surface area contributed by atoms with Crippen LogP contribution in [0.25, 0.3) is 11.0 Å². The maximum atomic E-state index is 14.4. The Balaban J connectivity index is 1.08. The van der Waals surface area contributed by atoms with Gasteiger partial charge in [0.05, 0.1) is 35.8 Å². The van der Waals surface area contributed by atoms with Gasteiger partial charge in [0, 0.05) is 48.1 Å². The monoisotopic (exact) mass is 596 g/mol. The van der Waals surface area contributed by atoms with Crippen molar-refractivity contribution in [2.24, 2.45) is 0 Å². The first-order valence-corrected chi connectivity index (χ1v) is 14.4. The topological polar surface area (TPSA) is 88.9 Å². The number of imidazole rings is 1. The second-order valence-electron chi connectivity index (χ2n) is 10.8. The third kappa shape index (κ3) is 6.35. The lowest BCUT2D eigenvalue weighted by Crippen LogP contribution is -2.39. The van der Waals surface area contributed by atoms with Crippen molar-refractivity contribution in [3.63, 3.8) is 0 Å². The Kier molecular flexibility index (Phi) is 8.28. The number of carbonyl (C=O) groups is 1. The van der Waals surface area contributed by atoms with E-state index in [0.717, 1.165) is 61.5 Å². The standard InChI is InChI=1S/C31H31ClF2N4O4/c32-21-3-1-20(26(34)14-21)18-42-29-15-23(4-5-25(29)33)35-22-7-10-37(11-8-22)17-30-36-27-6-2-19(31(39)40)13-28(27)38(30)16-24-9-12-41-24/h1-6,13-15,22,24,35H,7-12,16-18H2,(H,39,40). The molecule has 3 heterocycles. The molecule has 0 amide bonds. The number of fused-ring (bicyclic) bond motifs is 1. The zero-order valence-electron chi connectivity index (χ0n) is 22.9. The van der Waals surface area contributed by atoms with Crippen LogP contribution >= 0.6 is 11.6 Å². The Morgan fingerprint density at radius 2 is 1.88 bits per heavy atom. The van der Waals surface area contributed by atoms with Crippen molar-refractivity contribution in [3.8, 4) is 5.75 Å². The number of carboxylic acid groups (broad SMARTS) is 1. The number of rotatable bonds is 10. The zero-order chi connectivity index (χ0) is 29.2. The fourth-order valence-electron chi connectivity index (χ4n) is 5.43. The number of nitrogens with zero attached hydrogens (tertiary/aromatic N) is 3. The number of aromatic carboxylic acids is 1. The largest absolute Gasteiger partial charge is 0.486 e. The fraction of sp³-hybridized carbons (Fsp3) is 0.355. The molecule has 0 bridgehead atoms. The average molecular weight is 597 g/mol. The summed E-state index contributed by atoms with van der Waals surface area (Å²) >= 11 is 5.81. The van der Waals surface area contributed by atoms with Gasteiger partial charge < -0.3 is 24.5 Å². The summed E-state index contributed by atoms with van der Waals surface area (Å²) in [5, 5.41) is 13.3. The van der Waals surface area contributed by atoms with Crippen LogP contribution in [0.15, 0.2) is 54.6 Å². The van der Waals surface area contributed by atoms with E-state index in [9.17, 15) is 18.7 Å². The highest BCUT2D eigenvalue weighted by molar-refractivity contribution is 6.30. The molecule has 1 aromatic heterocycles. The van der Waals surface area contributed by atoms with E-state index in [2.05, 4.69) is 14.8 Å². The van der Waals surface area contributed by atoms with E-state index < -0.39 is 17.6 Å². The zero-order valence-corrected chi connectivity index (χ0v) is 23.6. The van der Waals surface area contributed by atoms with Crippen molar-refractivity contribution in [2.45, 2.75) is 51.1 Å². The second kappa shape index (κ2) is 12.2. The number of anilines is 1. The molecule has 2 saturated heterocycles. The molecule has 2 N–H and O–H groups in total. The molecule has 0 saturated carbocycles. The number of halogens is 3. The third-order valence-corrected chi connectivity index (χ3v) is 8.14. The van der Waals surface area contributed by atoms with Crippen LogP contribution in [0, 0.1) is 11.6 Å². The van der Waals surface area contributed by atoms with Crippen molar-refractivity contribution in [3.05, 3.63) is 88.2 Å². The quantitative estimate of drug-likeness (QED) is 0.228. The van der Waals surface area contributed by atoms with Crippen LogP contribution in [0.5, 0.6) is 5.75 Å². The van der Waals surface area contributed by atoms with E-state index in [-0.39, 0.29) is 35.1 Å². The van der Waals surface area contributed by atoms with Gasteiger partial charge in [-0.3, -0.25) is 4.90 Å². The smallest absolute Gasteiger partial charge is 0.335 e. The van der Waals surface area contributed by atoms with Gasteiger partial charge in [-0.2, -0.15) is 0 Å². The van der Waals surface area contributed by atoms with Crippen LogP contribution in [0.1, 0.15) is 41.0 Å². The maximum Gasteiger partial charge on any atom is 0.335 e. The minimum absolute atomic E-state index is 0.0483. The molecule has 42 heavy (non-hydrogen) atoms. The number of likely N-dealkylation sites (tertiary alicyclic amines) is 1. The summed E-state index contributed by atoms with van der Waals surface area (Å²) in [6.45, 7) is 3.59. The van der Waals surface area contributed by atoms with Gasteiger partial charge in [-0.25, -0.2) is 18.6 Å². The minimum Gasteiger partial charge on any atom is -0.486 e. The molecule has 11 heteroatoms. The molecule has 0 spiro atoms. The number of hydrogen-bond acceptors (Lipinski definition) is 6. The Bertz CT molecular complexity index is 1600. The second-order valence-corrected chi connectivity index (χ2v) is 11.2. The summed E-state index contributed by atoms with van der Waals surface area (Å²) in [6, 6.07) is 14.1. The molecule has 2 aliphatic rings. The number of piperidine rings is 1. The highest BCUT2D eigenvalue weighted by atomic mass is 35.5. The number of nitrogens with one attached hydrogen (secondary N) is 1. The molecule has 0 aliphatic carbocycles. The predicted molar refractivity (Wildman–Crippen MR) is 155 cm³/mol. The minimum atomic E-state index is -0.962. The summed E-state index contributed by atoms with van der Waals surface area (Å²) in [7, 11) is 0. The summed E-state index contributed by atoms with van der Waals surface area (Å²) in [4.78, 5) is 18.8.